The van der Waals surface area contributed by atoms with E-state index in [4.69, 9.17) is 4.42 Å². The molecule has 0 amide bonds. The molecule has 6 heteroatoms. The highest BCUT2D eigenvalue weighted by atomic mass is 79.9. The number of thiophene rings is 1. The highest BCUT2D eigenvalue weighted by molar-refractivity contribution is 9.13. The van der Waals surface area contributed by atoms with Gasteiger partial charge in [0.25, 0.3) is 0 Å². The summed E-state index contributed by atoms with van der Waals surface area (Å²) in [5.41, 5.74) is 1.48. The van der Waals surface area contributed by atoms with Crippen molar-refractivity contribution in [3.63, 3.8) is 0 Å². The fraction of sp³-hybridized carbons (Fsp3) is 0.0769. The van der Waals surface area contributed by atoms with Gasteiger partial charge < -0.3 is 4.42 Å². The summed E-state index contributed by atoms with van der Waals surface area (Å²) in [5.74, 6) is 0.454. The summed E-state index contributed by atoms with van der Waals surface area (Å²) in [6.45, 7) is 0. The number of Topliss-reactive ketones (excluding diaryl/α,β-unsaturated/α-hetero) is 1. The Balaban J connectivity index is 1.86. The maximum atomic E-state index is 12.1. The molecule has 0 N–H and O–H groups in total. The van der Waals surface area contributed by atoms with E-state index in [1.165, 1.54) is 11.3 Å². The van der Waals surface area contributed by atoms with E-state index in [0.29, 0.717) is 16.4 Å². The summed E-state index contributed by atoms with van der Waals surface area (Å²) in [7, 11) is 0. The minimum absolute atomic E-state index is 0.00274. The molecule has 1 aromatic carbocycles. The molecular weight excluding hydrogens is 394 g/mol. The summed E-state index contributed by atoms with van der Waals surface area (Å²) >= 11 is 8.15. The molecular formula is C13H7Br2NO2S. The first-order valence-corrected chi connectivity index (χ1v) is 7.86. The number of halogens is 2. The maximum absolute atomic E-state index is 12.1. The summed E-state index contributed by atoms with van der Waals surface area (Å²) < 4.78 is 7.34. The zero-order chi connectivity index (χ0) is 13.4. The zero-order valence-corrected chi connectivity index (χ0v) is 13.5. The van der Waals surface area contributed by atoms with Crippen LogP contribution in [-0.4, -0.2) is 10.8 Å². The standard InChI is InChI=1S/C13H7Br2NO2S/c14-7-5-11(19-13(7)15)9(17)6-12-16-8-3-1-2-4-10(8)18-12/h1-5H,6H2. The third kappa shape index (κ3) is 2.66. The predicted octanol–water partition coefficient (Wildman–Crippen LogP) is 4.84. The summed E-state index contributed by atoms with van der Waals surface area (Å²) in [5, 5.41) is 0. The van der Waals surface area contributed by atoms with Crippen molar-refractivity contribution in [3.8, 4) is 0 Å². The normalized spacial score (nSPS) is 11.1. The van der Waals surface area contributed by atoms with Crippen molar-refractivity contribution in [1.82, 2.24) is 4.98 Å². The van der Waals surface area contributed by atoms with Crippen molar-refractivity contribution in [2.45, 2.75) is 6.42 Å². The van der Waals surface area contributed by atoms with E-state index < -0.39 is 0 Å². The lowest BCUT2D eigenvalue weighted by atomic mass is 10.2. The van der Waals surface area contributed by atoms with Gasteiger partial charge in [-0.25, -0.2) is 4.98 Å². The molecule has 2 aromatic heterocycles. The molecule has 2 heterocycles. The third-order valence-electron chi connectivity index (χ3n) is 2.57. The van der Waals surface area contributed by atoms with E-state index in [1.807, 2.05) is 24.3 Å². The fourth-order valence-corrected chi connectivity index (χ4v) is 3.68. The molecule has 0 spiro atoms. The number of aromatic nitrogens is 1. The molecule has 0 radical (unpaired) electrons. The van der Waals surface area contributed by atoms with Crippen molar-refractivity contribution < 1.29 is 9.21 Å². The van der Waals surface area contributed by atoms with Crippen LogP contribution in [0.15, 0.2) is 43.0 Å². The van der Waals surface area contributed by atoms with Gasteiger partial charge in [0.1, 0.15) is 5.52 Å². The van der Waals surface area contributed by atoms with Crippen LogP contribution in [0, 0.1) is 0 Å². The van der Waals surface area contributed by atoms with Crippen LogP contribution in [-0.2, 0) is 6.42 Å². The van der Waals surface area contributed by atoms with Crippen molar-refractivity contribution in [2.24, 2.45) is 0 Å². The van der Waals surface area contributed by atoms with E-state index >= 15 is 0 Å². The van der Waals surface area contributed by atoms with Gasteiger partial charge >= 0.3 is 0 Å². The Bertz CT molecular complexity index is 710. The van der Waals surface area contributed by atoms with Gasteiger partial charge in [-0.15, -0.1) is 11.3 Å². The fourth-order valence-electron chi connectivity index (χ4n) is 1.70. The number of hydrogen-bond donors (Lipinski definition) is 0. The van der Waals surface area contributed by atoms with Crippen LogP contribution >= 0.6 is 43.2 Å². The van der Waals surface area contributed by atoms with Gasteiger partial charge in [-0.05, 0) is 50.1 Å². The second-order valence-corrected chi connectivity index (χ2v) is 7.13. The lowest BCUT2D eigenvalue weighted by Gasteiger charge is -1.92. The van der Waals surface area contributed by atoms with E-state index in [1.54, 1.807) is 6.07 Å². The van der Waals surface area contributed by atoms with Gasteiger partial charge in [0.15, 0.2) is 11.4 Å². The molecule has 0 bridgehead atoms. The number of para-hydroxylation sites is 2. The molecule has 3 rings (SSSR count). The molecule has 0 aliphatic rings. The molecule has 0 aliphatic carbocycles. The Morgan fingerprint density at radius 1 is 1.32 bits per heavy atom. The van der Waals surface area contributed by atoms with Crippen LogP contribution in [0.4, 0.5) is 0 Å². The third-order valence-corrected chi connectivity index (χ3v) is 5.87. The van der Waals surface area contributed by atoms with Crippen LogP contribution in [0.3, 0.4) is 0 Å². The number of rotatable bonds is 3. The molecule has 0 saturated carbocycles. The first-order chi connectivity index (χ1) is 9.13. The SMILES string of the molecule is O=C(Cc1nc2ccccc2o1)c1cc(Br)c(Br)s1. The second kappa shape index (κ2) is 5.19. The number of ketones is 1. The number of carbonyl (C=O) groups is 1. The Kier molecular flexibility index (Phi) is 3.56. The Morgan fingerprint density at radius 2 is 2.11 bits per heavy atom. The average molecular weight is 401 g/mol. The summed E-state index contributed by atoms with van der Waals surface area (Å²) in [4.78, 5) is 17.1. The Labute approximate surface area is 129 Å². The number of hydrogen-bond acceptors (Lipinski definition) is 4. The Hall–Kier alpha value is -0.980. The lowest BCUT2D eigenvalue weighted by molar-refractivity contribution is 0.0990. The molecule has 96 valence electrons. The highest BCUT2D eigenvalue weighted by Gasteiger charge is 2.15. The molecule has 0 unspecified atom stereocenters. The second-order valence-electron chi connectivity index (χ2n) is 3.91. The van der Waals surface area contributed by atoms with Gasteiger partial charge in [0, 0.05) is 4.47 Å². The lowest BCUT2D eigenvalue weighted by Crippen LogP contribution is -2.01. The van der Waals surface area contributed by atoms with Crippen molar-refractivity contribution in [2.75, 3.05) is 0 Å². The number of nitrogens with zero attached hydrogens (tertiary/aromatic N) is 1. The molecule has 3 aromatic rings. The first kappa shape index (κ1) is 13.0. The molecule has 0 fully saturated rings. The maximum Gasteiger partial charge on any atom is 0.203 e. The molecule has 19 heavy (non-hydrogen) atoms. The van der Waals surface area contributed by atoms with Gasteiger partial charge in [0.05, 0.1) is 15.1 Å². The smallest absolute Gasteiger partial charge is 0.203 e. The number of fused-ring (bicyclic) bond motifs is 1. The van der Waals surface area contributed by atoms with E-state index in [-0.39, 0.29) is 12.2 Å². The van der Waals surface area contributed by atoms with Gasteiger partial charge in [0.2, 0.25) is 5.89 Å². The van der Waals surface area contributed by atoms with Gasteiger partial charge in [-0.1, -0.05) is 12.1 Å². The number of carbonyl (C=O) groups excluding carboxylic acids is 1. The largest absolute Gasteiger partial charge is 0.440 e. The van der Waals surface area contributed by atoms with E-state index in [0.717, 1.165) is 13.8 Å². The minimum atomic E-state index is 0.00274. The van der Waals surface area contributed by atoms with Crippen LogP contribution in [0.2, 0.25) is 0 Å². The topological polar surface area (TPSA) is 43.1 Å². The van der Waals surface area contributed by atoms with Crippen LogP contribution in [0.5, 0.6) is 0 Å². The quantitative estimate of drug-likeness (QED) is 0.590. The first-order valence-electron chi connectivity index (χ1n) is 5.46. The predicted molar refractivity (Wildman–Crippen MR) is 81.8 cm³/mol. The van der Waals surface area contributed by atoms with Gasteiger partial charge in [-0.2, -0.15) is 0 Å². The van der Waals surface area contributed by atoms with Crippen molar-refractivity contribution in [1.29, 1.82) is 0 Å². The minimum Gasteiger partial charge on any atom is -0.440 e. The average Bonchev–Trinajstić information content (AvgIpc) is 2.93. The van der Waals surface area contributed by atoms with Crippen LogP contribution in [0.1, 0.15) is 15.6 Å². The highest BCUT2D eigenvalue weighted by Crippen LogP contribution is 2.33. The Morgan fingerprint density at radius 3 is 2.79 bits per heavy atom. The number of oxazole rings is 1. The summed E-state index contributed by atoms with van der Waals surface area (Å²) in [6.07, 6.45) is 0.175. The number of benzene rings is 1. The monoisotopic (exact) mass is 399 g/mol. The van der Waals surface area contributed by atoms with Crippen molar-refractivity contribution in [3.05, 3.63) is 49.4 Å². The zero-order valence-electron chi connectivity index (χ0n) is 9.52. The summed E-state index contributed by atoms with van der Waals surface area (Å²) in [6, 6.07) is 9.29. The van der Waals surface area contributed by atoms with E-state index in [9.17, 15) is 4.79 Å². The van der Waals surface area contributed by atoms with Crippen LogP contribution < -0.4 is 0 Å². The molecule has 0 aliphatic heterocycles. The molecule has 0 saturated heterocycles. The van der Waals surface area contributed by atoms with Crippen LogP contribution in [0.25, 0.3) is 11.1 Å². The molecule has 0 atom stereocenters. The van der Waals surface area contributed by atoms with Crippen molar-refractivity contribution >= 4 is 60.1 Å². The van der Waals surface area contributed by atoms with E-state index in [2.05, 4.69) is 36.8 Å². The molecule has 3 nitrogen and oxygen atoms in total. The van der Waals surface area contributed by atoms with Gasteiger partial charge in [-0.3, -0.25) is 4.79 Å².